The number of hydrogen-bond donors (Lipinski definition) is 1. The molecule has 0 amide bonds. The normalized spacial score (nSPS) is 16.4. The van der Waals surface area contributed by atoms with E-state index in [4.69, 9.17) is 4.74 Å². The molecule has 1 aliphatic heterocycles. The standard InChI is InChI=1S/C23H25NO6S/c1-2-30-23(27)20(16-21(25)26)22(17-8-4-3-5-9-17)18-10-12-19(13-11-18)24-14-6-7-15-31(24,28)29/h3-5,8-13H,2,6-7,14-16H2,1H3,(H,25,26)/b22-20-. The van der Waals surface area contributed by atoms with E-state index in [9.17, 15) is 23.1 Å². The van der Waals surface area contributed by atoms with E-state index >= 15 is 0 Å². The molecule has 0 unspecified atom stereocenters. The molecule has 3 rings (SSSR count). The number of benzene rings is 2. The van der Waals surface area contributed by atoms with E-state index in [1.807, 2.05) is 6.07 Å². The first-order valence-electron chi connectivity index (χ1n) is 10.1. The minimum atomic E-state index is -3.35. The Bertz CT molecular complexity index is 1070. The molecule has 0 aromatic heterocycles. The molecule has 1 N–H and O–H groups in total. The molecule has 2 aromatic rings. The van der Waals surface area contributed by atoms with Crippen LogP contribution < -0.4 is 4.31 Å². The second-order valence-corrected chi connectivity index (χ2v) is 9.17. The molecule has 8 heteroatoms. The summed E-state index contributed by atoms with van der Waals surface area (Å²) in [5, 5.41) is 9.40. The molecule has 1 saturated heterocycles. The fraction of sp³-hybridized carbons (Fsp3) is 0.304. The van der Waals surface area contributed by atoms with E-state index in [0.29, 0.717) is 35.4 Å². The van der Waals surface area contributed by atoms with Gasteiger partial charge in [-0.3, -0.25) is 9.10 Å². The van der Waals surface area contributed by atoms with E-state index < -0.39 is 28.4 Å². The van der Waals surface area contributed by atoms with Gasteiger partial charge in [-0.25, -0.2) is 13.2 Å². The zero-order chi connectivity index (χ0) is 22.4. The number of carboxylic acid groups (broad SMARTS) is 1. The van der Waals surface area contributed by atoms with Gasteiger partial charge in [0.05, 0.1) is 30.0 Å². The summed E-state index contributed by atoms with van der Waals surface area (Å²) in [5.41, 5.74) is 2.32. The molecule has 1 aliphatic rings. The summed E-state index contributed by atoms with van der Waals surface area (Å²) in [7, 11) is -3.35. The molecule has 164 valence electrons. The van der Waals surface area contributed by atoms with E-state index in [1.54, 1.807) is 55.5 Å². The highest BCUT2D eigenvalue weighted by Gasteiger charge is 2.27. The predicted octanol–water partition coefficient (Wildman–Crippen LogP) is 3.46. The number of anilines is 1. The smallest absolute Gasteiger partial charge is 0.335 e. The summed E-state index contributed by atoms with van der Waals surface area (Å²) in [6.07, 6.45) is 0.947. The second kappa shape index (κ2) is 9.78. The van der Waals surface area contributed by atoms with Gasteiger partial charge in [-0.05, 0) is 48.6 Å². The Morgan fingerprint density at radius 3 is 2.23 bits per heavy atom. The van der Waals surface area contributed by atoms with Crippen molar-refractivity contribution < 1.29 is 27.9 Å². The number of hydrogen-bond acceptors (Lipinski definition) is 5. The lowest BCUT2D eigenvalue weighted by molar-refractivity contribution is -0.142. The van der Waals surface area contributed by atoms with Crippen LogP contribution >= 0.6 is 0 Å². The summed E-state index contributed by atoms with van der Waals surface area (Å²) in [4.78, 5) is 24.1. The molecule has 1 heterocycles. The van der Waals surface area contributed by atoms with Crippen LogP contribution in [-0.2, 0) is 24.3 Å². The highest BCUT2D eigenvalue weighted by molar-refractivity contribution is 7.92. The van der Waals surface area contributed by atoms with Gasteiger partial charge in [0, 0.05) is 6.54 Å². The summed E-state index contributed by atoms with van der Waals surface area (Å²) in [5.74, 6) is -1.71. The molecular weight excluding hydrogens is 418 g/mol. The zero-order valence-electron chi connectivity index (χ0n) is 17.3. The molecule has 0 atom stereocenters. The van der Waals surface area contributed by atoms with E-state index in [-0.39, 0.29) is 17.9 Å². The average Bonchev–Trinajstić information content (AvgIpc) is 2.74. The largest absolute Gasteiger partial charge is 0.481 e. The van der Waals surface area contributed by atoms with Gasteiger partial charge < -0.3 is 9.84 Å². The number of ether oxygens (including phenoxy) is 1. The number of carbonyl (C=O) groups excluding carboxylic acids is 1. The first-order chi connectivity index (χ1) is 14.8. The highest BCUT2D eigenvalue weighted by Crippen LogP contribution is 2.32. The van der Waals surface area contributed by atoms with Crippen molar-refractivity contribution in [1.82, 2.24) is 0 Å². The predicted molar refractivity (Wildman–Crippen MR) is 118 cm³/mol. The van der Waals surface area contributed by atoms with E-state index in [2.05, 4.69) is 0 Å². The Balaban J connectivity index is 2.12. The summed E-state index contributed by atoms with van der Waals surface area (Å²) < 4.78 is 31.3. The molecule has 1 fully saturated rings. The minimum absolute atomic E-state index is 0.0406. The third-order valence-electron chi connectivity index (χ3n) is 5.01. The van der Waals surface area contributed by atoms with Gasteiger partial charge in [0.2, 0.25) is 10.0 Å². The third kappa shape index (κ3) is 5.32. The SMILES string of the molecule is CCOC(=O)/C(CC(=O)O)=C(/c1ccccc1)c1ccc(N2CCCCS2(=O)=O)cc1. The Kier molecular flexibility index (Phi) is 7.12. The van der Waals surface area contributed by atoms with Gasteiger partial charge in [0.1, 0.15) is 0 Å². The minimum Gasteiger partial charge on any atom is -0.481 e. The molecule has 0 saturated carbocycles. The van der Waals surface area contributed by atoms with Crippen molar-refractivity contribution in [2.75, 3.05) is 23.2 Å². The number of carbonyl (C=O) groups is 2. The highest BCUT2D eigenvalue weighted by atomic mass is 32.2. The quantitative estimate of drug-likeness (QED) is 0.520. The van der Waals surface area contributed by atoms with Gasteiger partial charge in [0.25, 0.3) is 0 Å². The van der Waals surface area contributed by atoms with Crippen molar-refractivity contribution >= 4 is 33.2 Å². The van der Waals surface area contributed by atoms with Gasteiger partial charge in [-0.2, -0.15) is 0 Å². The summed E-state index contributed by atoms with van der Waals surface area (Å²) in [6.45, 7) is 2.21. The van der Waals surface area contributed by atoms with E-state index in [1.165, 1.54) is 4.31 Å². The number of rotatable bonds is 7. The van der Waals surface area contributed by atoms with Crippen LogP contribution in [0.2, 0.25) is 0 Å². The topological polar surface area (TPSA) is 101 Å². The number of carboxylic acids is 1. The van der Waals surface area contributed by atoms with E-state index in [0.717, 1.165) is 6.42 Å². The van der Waals surface area contributed by atoms with Crippen molar-refractivity contribution in [2.24, 2.45) is 0 Å². The maximum atomic E-state index is 12.6. The first kappa shape index (κ1) is 22.6. The van der Waals surface area contributed by atoms with Crippen LogP contribution in [0.3, 0.4) is 0 Å². The Morgan fingerprint density at radius 1 is 1.00 bits per heavy atom. The Morgan fingerprint density at radius 2 is 1.65 bits per heavy atom. The number of sulfonamides is 1. The van der Waals surface area contributed by atoms with Crippen LogP contribution in [0.15, 0.2) is 60.2 Å². The van der Waals surface area contributed by atoms with Crippen molar-refractivity contribution in [2.45, 2.75) is 26.2 Å². The summed E-state index contributed by atoms with van der Waals surface area (Å²) in [6, 6.07) is 15.8. The molecule has 31 heavy (non-hydrogen) atoms. The van der Waals surface area contributed by atoms with Gasteiger partial charge in [-0.15, -0.1) is 0 Å². The summed E-state index contributed by atoms with van der Waals surface area (Å²) >= 11 is 0. The second-order valence-electron chi connectivity index (χ2n) is 7.15. The van der Waals surface area contributed by atoms with Crippen LogP contribution in [0.1, 0.15) is 37.3 Å². The van der Waals surface area contributed by atoms with Crippen molar-refractivity contribution in [3.8, 4) is 0 Å². The fourth-order valence-corrected chi connectivity index (χ4v) is 5.26. The molecule has 0 radical (unpaired) electrons. The molecule has 0 spiro atoms. The molecule has 2 aromatic carbocycles. The maximum absolute atomic E-state index is 12.6. The molecular formula is C23H25NO6S. The lowest BCUT2D eigenvalue weighted by Crippen LogP contribution is -2.37. The number of esters is 1. The lowest BCUT2D eigenvalue weighted by Gasteiger charge is -2.28. The van der Waals surface area contributed by atoms with Gasteiger partial charge in [-0.1, -0.05) is 42.5 Å². The van der Waals surface area contributed by atoms with Gasteiger partial charge >= 0.3 is 11.9 Å². The van der Waals surface area contributed by atoms with Crippen LogP contribution in [0, 0.1) is 0 Å². The first-order valence-corrected chi connectivity index (χ1v) is 11.7. The van der Waals surface area contributed by atoms with Crippen molar-refractivity contribution in [1.29, 1.82) is 0 Å². The molecule has 0 bridgehead atoms. The number of nitrogens with zero attached hydrogens (tertiary/aromatic N) is 1. The van der Waals surface area contributed by atoms with Crippen LogP contribution in [0.5, 0.6) is 0 Å². The average molecular weight is 444 g/mol. The Labute approximate surface area is 182 Å². The van der Waals surface area contributed by atoms with Gasteiger partial charge in [0.15, 0.2) is 0 Å². The Hall–Kier alpha value is -3.13. The monoisotopic (exact) mass is 443 g/mol. The molecule has 0 aliphatic carbocycles. The maximum Gasteiger partial charge on any atom is 0.335 e. The number of aliphatic carboxylic acids is 1. The third-order valence-corrected chi connectivity index (χ3v) is 6.88. The van der Waals surface area contributed by atoms with Crippen molar-refractivity contribution in [3.05, 3.63) is 71.3 Å². The van der Waals surface area contributed by atoms with Crippen molar-refractivity contribution in [3.63, 3.8) is 0 Å². The zero-order valence-corrected chi connectivity index (χ0v) is 18.1. The van der Waals surface area contributed by atoms with Crippen LogP contribution in [0.25, 0.3) is 5.57 Å². The fourth-order valence-electron chi connectivity index (χ4n) is 3.63. The molecule has 7 nitrogen and oxygen atoms in total. The van der Waals surface area contributed by atoms with Crippen LogP contribution in [-0.4, -0.2) is 44.4 Å². The van der Waals surface area contributed by atoms with Crippen LogP contribution in [0.4, 0.5) is 5.69 Å². The lowest BCUT2D eigenvalue weighted by atomic mass is 9.91.